The zero-order valence-corrected chi connectivity index (χ0v) is 8.17. The maximum Gasteiger partial charge on any atom is 0.333 e. The highest BCUT2D eigenvalue weighted by Gasteiger charge is 2.13. The van der Waals surface area contributed by atoms with Gasteiger partial charge in [0, 0.05) is 12.2 Å². The summed E-state index contributed by atoms with van der Waals surface area (Å²) in [4.78, 5) is 10.7. The largest absolute Gasteiger partial charge is 0.478 e. The summed E-state index contributed by atoms with van der Waals surface area (Å²) < 4.78 is 0. The van der Waals surface area contributed by atoms with Crippen LogP contribution in [-0.4, -0.2) is 17.6 Å². The highest BCUT2D eigenvalue weighted by atomic mass is 35.5. The van der Waals surface area contributed by atoms with Gasteiger partial charge in [-0.1, -0.05) is 18.2 Å². The summed E-state index contributed by atoms with van der Waals surface area (Å²) in [6, 6.07) is 7.64. The van der Waals surface area contributed by atoms with Crippen molar-refractivity contribution in [3.63, 3.8) is 0 Å². The lowest BCUT2D eigenvalue weighted by atomic mass is 10.1. The Balaban J connectivity index is 0.000000980. The first-order valence-electron chi connectivity index (χ1n) is 4.04. The third kappa shape index (κ3) is 1.88. The lowest BCUT2D eigenvalue weighted by Gasteiger charge is -2.15. The molecular weight excluding hydrogens is 202 g/mol. The zero-order valence-electron chi connectivity index (χ0n) is 7.36. The van der Waals surface area contributed by atoms with Crippen LogP contribution in [0.5, 0.6) is 0 Å². The number of hydrogen-bond donors (Lipinski definition) is 2. The Morgan fingerprint density at radius 2 is 2.07 bits per heavy atom. The van der Waals surface area contributed by atoms with Gasteiger partial charge in [0.25, 0.3) is 0 Å². The predicted octanol–water partition coefficient (Wildman–Crippen LogP) is 2.00. The van der Waals surface area contributed by atoms with Gasteiger partial charge in [-0.25, -0.2) is 4.79 Å². The number of carboxylic acid groups (broad SMARTS) is 1. The van der Waals surface area contributed by atoms with Crippen LogP contribution in [0, 0.1) is 0 Å². The number of benzene rings is 1. The van der Waals surface area contributed by atoms with E-state index in [1.165, 1.54) is 0 Å². The van der Waals surface area contributed by atoms with Crippen molar-refractivity contribution in [2.24, 2.45) is 0 Å². The first kappa shape index (κ1) is 10.6. The molecule has 0 aromatic heterocycles. The molecular formula is C10H10ClNO2. The van der Waals surface area contributed by atoms with Gasteiger partial charge in [0.1, 0.15) is 0 Å². The van der Waals surface area contributed by atoms with E-state index in [1.807, 2.05) is 24.3 Å². The molecule has 0 saturated carbocycles. The third-order valence-electron chi connectivity index (χ3n) is 2.03. The molecule has 74 valence electrons. The van der Waals surface area contributed by atoms with Crippen molar-refractivity contribution >= 4 is 30.1 Å². The van der Waals surface area contributed by atoms with Gasteiger partial charge < -0.3 is 10.4 Å². The van der Waals surface area contributed by atoms with E-state index in [4.69, 9.17) is 5.11 Å². The van der Waals surface area contributed by atoms with E-state index in [9.17, 15) is 4.79 Å². The number of hydrogen-bond acceptors (Lipinski definition) is 2. The molecule has 14 heavy (non-hydrogen) atoms. The van der Waals surface area contributed by atoms with E-state index in [1.54, 1.807) is 6.08 Å². The van der Waals surface area contributed by atoms with Crippen LogP contribution in [0.15, 0.2) is 29.8 Å². The Bertz CT molecular complexity index is 387. The predicted molar refractivity (Wildman–Crippen MR) is 57.8 cm³/mol. The van der Waals surface area contributed by atoms with Crippen LogP contribution in [0.2, 0.25) is 0 Å². The number of fused-ring (bicyclic) bond motifs is 1. The standard InChI is InChI=1S/C10H9NO2.ClH/c12-10(13)8-5-7-3-1-2-4-9(7)11-6-8;/h1-5,11H,6H2,(H,12,13);1H. The van der Waals surface area contributed by atoms with Crippen LogP contribution in [0.4, 0.5) is 5.69 Å². The summed E-state index contributed by atoms with van der Waals surface area (Å²) in [6.07, 6.45) is 1.70. The lowest BCUT2D eigenvalue weighted by Crippen LogP contribution is -2.16. The molecule has 0 unspecified atom stereocenters. The molecule has 2 N–H and O–H groups in total. The second kappa shape index (κ2) is 4.15. The minimum atomic E-state index is -0.859. The van der Waals surface area contributed by atoms with Crippen molar-refractivity contribution in [3.8, 4) is 0 Å². The number of carbonyl (C=O) groups is 1. The van der Waals surface area contributed by atoms with Crippen LogP contribution in [0.3, 0.4) is 0 Å². The fourth-order valence-electron chi connectivity index (χ4n) is 1.35. The van der Waals surface area contributed by atoms with Crippen molar-refractivity contribution < 1.29 is 9.90 Å². The number of rotatable bonds is 1. The molecule has 0 spiro atoms. The first-order valence-corrected chi connectivity index (χ1v) is 4.04. The molecule has 0 amide bonds. The molecule has 1 aromatic rings. The van der Waals surface area contributed by atoms with Crippen molar-refractivity contribution in [1.82, 2.24) is 0 Å². The quantitative estimate of drug-likeness (QED) is 0.747. The molecule has 1 aliphatic rings. The smallest absolute Gasteiger partial charge is 0.333 e. The SMILES string of the molecule is Cl.O=C(O)C1=Cc2ccccc2NC1. The molecule has 0 radical (unpaired) electrons. The van der Waals surface area contributed by atoms with Crippen molar-refractivity contribution in [2.75, 3.05) is 11.9 Å². The van der Waals surface area contributed by atoms with Crippen LogP contribution in [0.25, 0.3) is 6.08 Å². The fraction of sp³-hybridized carbons (Fsp3) is 0.100. The van der Waals surface area contributed by atoms with Gasteiger partial charge in [0.15, 0.2) is 0 Å². The molecule has 2 rings (SSSR count). The molecule has 1 aliphatic heterocycles. The minimum Gasteiger partial charge on any atom is -0.478 e. The molecule has 0 aliphatic carbocycles. The molecule has 0 bridgehead atoms. The summed E-state index contributed by atoms with van der Waals surface area (Å²) in [5.74, 6) is -0.859. The second-order valence-electron chi connectivity index (χ2n) is 2.92. The molecule has 4 heteroatoms. The molecule has 0 atom stereocenters. The van der Waals surface area contributed by atoms with Crippen LogP contribution < -0.4 is 5.32 Å². The van der Waals surface area contributed by atoms with Gasteiger partial charge in [-0.05, 0) is 17.7 Å². The Morgan fingerprint density at radius 3 is 2.79 bits per heavy atom. The summed E-state index contributed by atoms with van der Waals surface area (Å²) >= 11 is 0. The van der Waals surface area contributed by atoms with Gasteiger partial charge in [0.2, 0.25) is 0 Å². The average Bonchev–Trinajstić information content (AvgIpc) is 2.17. The molecule has 3 nitrogen and oxygen atoms in total. The average molecular weight is 212 g/mol. The van der Waals surface area contributed by atoms with E-state index >= 15 is 0 Å². The summed E-state index contributed by atoms with van der Waals surface area (Å²) in [5, 5.41) is 11.8. The minimum absolute atomic E-state index is 0. The highest BCUT2D eigenvalue weighted by molar-refractivity contribution is 5.95. The topological polar surface area (TPSA) is 49.3 Å². The number of para-hydroxylation sites is 1. The van der Waals surface area contributed by atoms with Crippen molar-refractivity contribution in [1.29, 1.82) is 0 Å². The number of anilines is 1. The molecule has 0 fully saturated rings. The van der Waals surface area contributed by atoms with E-state index in [2.05, 4.69) is 5.32 Å². The monoisotopic (exact) mass is 211 g/mol. The Hall–Kier alpha value is -1.48. The second-order valence-corrected chi connectivity index (χ2v) is 2.92. The lowest BCUT2D eigenvalue weighted by molar-refractivity contribution is -0.132. The molecule has 0 saturated heterocycles. The van der Waals surface area contributed by atoms with Gasteiger partial charge in [0.05, 0.1) is 5.57 Å². The van der Waals surface area contributed by atoms with Crippen molar-refractivity contribution in [2.45, 2.75) is 0 Å². The number of halogens is 1. The Labute approximate surface area is 87.9 Å². The number of nitrogens with one attached hydrogen (secondary N) is 1. The number of aliphatic carboxylic acids is 1. The van der Waals surface area contributed by atoms with E-state index < -0.39 is 5.97 Å². The van der Waals surface area contributed by atoms with Gasteiger partial charge >= 0.3 is 5.97 Å². The summed E-state index contributed by atoms with van der Waals surface area (Å²) in [5.41, 5.74) is 2.33. The number of carboxylic acids is 1. The molecule has 1 heterocycles. The first-order chi connectivity index (χ1) is 6.27. The normalized spacial score (nSPS) is 13.0. The highest BCUT2D eigenvalue weighted by Crippen LogP contribution is 2.22. The zero-order chi connectivity index (χ0) is 9.26. The van der Waals surface area contributed by atoms with Crippen LogP contribution in [-0.2, 0) is 4.79 Å². The Morgan fingerprint density at radius 1 is 1.36 bits per heavy atom. The van der Waals surface area contributed by atoms with Gasteiger partial charge in [-0.3, -0.25) is 0 Å². The van der Waals surface area contributed by atoms with Gasteiger partial charge in [-0.15, -0.1) is 12.4 Å². The fourth-order valence-corrected chi connectivity index (χ4v) is 1.35. The van der Waals surface area contributed by atoms with Crippen LogP contribution >= 0.6 is 12.4 Å². The van der Waals surface area contributed by atoms with Gasteiger partial charge in [-0.2, -0.15) is 0 Å². The van der Waals surface area contributed by atoms with Crippen LogP contribution in [0.1, 0.15) is 5.56 Å². The third-order valence-corrected chi connectivity index (χ3v) is 2.03. The van der Waals surface area contributed by atoms with E-state index in [0.29, 0.717) is 12.1 Å². The van der Waals surface area contributed by atoms with Crippen molar-refractivity contribution in [3.05, 3.63) is 35.4 Å². The van der Waals surface area contributed by atoms with E-state index in [-0.39, 0.29) is 12.4 Å². The summed E-state index contributed by atoms with van der Waals surface area (Å²) in [7, 11) is 0. The summed E-state index contributed by atoms with van der Waals surface area (Å²) in [6.45, 7) is 0.395. The van der Waals surface area contributed by atoms with E-state index in [0.717, 1.165) is 11.3 Å². The maximum absolute atomic E-state index is 10.7. The Kier molecular flexibility index (Phi) is 3.14. The maximum atomic E-state index is 10.7. The molecule has 1 aromatic carbocycles.